The van der Waals surface area contributed by atoms with E-state index in [-0.39, 0.29) is 82.8 Å². The number of aliphatic hydroxyl groups excluding tert-OH is 2. The van der Waals surface area contributed by atoms with E-state index in [1.807, 2.05) is 29.0 Å². The molecule has 0 aliphatic carbocycles. The Labute approximate surface area is 506 Å². The van der Waals surface area contributed by atoms with Crippen LogP contribution in [0.1, 0.15) is 94.1 Å². The molecule has 0 spiro atoms. The first-order chi connectivity index (χ1) is 34.0. The fraction of sp³-hybridized carbons (Fsp3) is 0.149. The number of carbonyl (C=O) groups is 2. The normalized spacial score (nSPS) is 9.96. The summed E-state index contributed by atoms with van der Waals surface area (Å²) < 4.78 is 2.26. The van der Waals surface area contributed by atoms with Gasteiger partial charge in [0.2, 0.25) is 0 Å². The third kappa shape index (κ3) is 28.3. The number of aromatic carboxylic acids is 1. The Balaban J connectivity index is -0.000000416. The van der Waals surface area contributed by atoms with Crippen LogP contribution in [-0.2, 0) is 12.7 Å². The van der Waals surface area contributed by atoms with E-state index in [0.717, 1.165) is 15.9 Å². The maximum absolute atomic E-state index is 11.0. The summed E-state index contributed by atoms with van der Waals surface area (Å²) in [6.45, 7) is 7.44. The Morgan fingerprint density at radius 3 is 1.77 bits per heavy atom. The Morgan fingerprint density at radius 1 is 0.880 bits per heavy atom. The Kier molecular flexibility index (Phi) is 42.2. The van der Waals surface area contributed by atoms with Gasteiger partial charge in [0.05, 0.1) is 32.9 Å². The van der Waals surface area contributed by atoms with E-state index in [4.69, 9.17) is 36.5 Å². The van der Waals surface area contributed by atoms with E-state index < -0.39 is 28.0 Å². The number of anilines is 1. The van der Waals surface area contributed by atoms with Crippen LogP contribution in [0.5, 0.6) is 0 Å². The van der Waals surface area contributed by atoms with Gasteiger partial charge in [0, 0.05) is 78.7 Å². The van der Waals surface area contributed by atoms with Gasteiger partial charge in [-0.25, -0.2) is 24.4 Å². The molecule has 0 saturated heterocycles. The molecule has 0 amide bonds. The zero-order chi connectivity index (χ0) is 52.7. The van der Waals surface area contributed by atoms with E-state index in [0.29, 0.717) is 62.7 Å². The van der Waals surface area contributed by atoms with Gasteiger partial charge in [-0.1, -0.05) is 63.2 Å². The number of unbranched alkanes of at least 4 members (excludes halogenated alkanes) is 1. The molecule has 5 N–H and O–H groups in total. The molecule has 8 aromatic rings. The number of hydrogen-bond acceptors (Lipinski definition) is 17. The van der Waals surface area contributed by atoms with Crippen LogP contribution in [0.3, 0.4) is 0 Å². The fourth-order valence-corrected chi connectivity index (χ4v) is 7.13. The van der Waals surface area contributed by atoms with E-state index in [9.17, 15) is 40.0 Å². The summed E-state index contributed by atoms with van der Waals surface area (Å²) in [6.07, 6.45) is 6.30. The van der Waals surface area contributed by atoms with Crippen molar-refractivity contribution in [2.24, 2.45) is 0 Å². The molecule has 28 heteroatoms. The van der Waals surface area contributed by atoms with Gasteiger partial charge in [0.1, 0.15) is 28.5 Å². The number of aldehydes is 1. The van der Waals surface area contributed by atoms with Crippen molar-refractivity contribution in [3.05, 3.63) is 213 Å². The zero-order valence-corrected chi connectivity index (χ0v) is 48.4. The van der Waals surface area contributed by atoms with Crippen molar-refractivity contribution >= 4 is 108 Å². The number of aromatic nitrogens is 5. The number of aliphatic hydroxyl groups is 2. The van der Waals surface area contributed by atoms with Crippen molar-refractivity contribution in [2.75, 3.05) is 5.73 Å². The van der Waals surface area contributed by atoms with Crippen LogP contribution >= 0.6 is 70.3 Å². The first kappa shape index (κ1) is 74.6. The number of thiazole rings is 3. The number of carboxylic acids is 1. The monoisotopic (exact) mass is 1230 g/mol. The number of rotatable bonds is 10. The first-order valence-corrected chi connectivity index (χ1v) is 26.1. The van der Waals surface area contributed by atoms with E-state index in [1.54, 1.807) is 90.8 Å². The van der Waals surface area contributed by atoms with Gasteiger partial charge in [-0.2, -0.15) is 16.8 Å². The van der Waals surface area contributed by atoms with Crippen LogP contribution in [0.2, 0.25) is 0 Å². The number of benzene rings is 4. The number of carbonyl (C=O) groups excluding carboxylic acids is 1. The van der Waals surface area contributed by atoms with Crippen LogP contribution in [0.15, 0.2) is 142 Å². The SMILES string of the molecule is Brc1nccs1.C.Cc1cc(C(=O)O)n(-c2cccc(C#N)c2)n1.Nc1cccc(C(O)c2nccs2)c1.O=Cc1cccc([N+](=O)[O-])c1.O=[N+]([O-])c1cccc(C(O)c2nccs2)c1.[B].[CH2-]CCC.[Cl][Ni][Cl].[H-].[Li+].[Na+]. The molecule has 0 fully saturated rings. The molecule has 2 unspecified atom stereocenters. The van der Waals surface area contributed by atoms with Gasteiger partial charge >= 0.3 is 87.4 Å². The fourth-order valence-electron chi connectivity index (χ4n) is 5.04. The van der Waals surface area contributed by atoms with Gasteiger partial charge in [0.15, 0.2) is 9.61 Å². The largest absolute Gasteiger partial charge is 1.00 e. The number of aryl methyl sites for hydroxylation is 1. The Hall–Kier alpha value is -4.65. The van der Waals surface area contributed by atoms with Crippen LogP contribution in [0.4, 0.5) is 17.1 Å². The summed E-state index contributed by atoms with van der Waals surface area (Å²) in [4.78, 5) is 52.8. The maximum atomic E-state index is 11.0. The molecule has 0 bridgehead atoms. The molecule has 389 valence electrons. The minimum absolute atomic E-state index is 0. The summed E-state index contributed by atoms with van der Waals surface area (Å²) >= 11 is 8.08. The van der Waals surface area contributed by atoms with Crippen LogP contribution in [0.25, 0.3) is 5.69 Å². The summed E-state index contributed by atoms with van der Waals surface area (Å²) in [7, 11) is 9.40. The van der Waals surface area contributed by atoms with Crippen molar-refractivity contribution in [3.63, 3.8) is 0 Å². The third-order valence-electron chi connectivity index (χ3n) is 8.24. The molecule has 0 aliphatic rings. The number of nitriles is 1. The average molecular weight is 1230 g/mol. The molecule has 75 heavy (non-hydrogen) atoms. The molecule has 3 radical (unpaired) electrons. The second-order valence-corrected chi connectivity index (χ2v) is 18.9. The Morgan fingerprint density at radius 2 is 1.36 bits per heavy atom. The molecule has 2 atom stereocenters. The molecule has 8 rings (SSSR count). The van der Waals surface area contributed by atoms with E-state index >= 15 is 0 Å². The van der Waals surface area contributed by atoms with E-state index in [1.165, 1.54) is 76.2 Å². The smallest absolute Gasteiger partial charge is 1.00 e. The zero-order valence-electron chi connectivity index (χ0n) is 40.8. The second-order valence-electron chi connectivity index (χ2n) is 13.3. The average Bonchev–Trinajstić information content (AvgIpc) is 4.25. The van der Waals surface area contributed by atoms with Gasteiger partial charge in [-0.15, -0.1) is 34.0 Å². The van der Waals surface area contributed by atoms with Crippen LogP contribution in [-0.4, -0.2) is 70.6 Å². The molecule has 4 aromatic heterocycles. The van der Waals surface area contributed by atoms with Crippen molar-refractivity contribution < 1.29 is 97.3 Å². The number of non-ortho nitro benzene ring substituents is 2. The van der Waals surface area contributed by atoms with Gasteiger partial charge in [0.25, 0.3) is 11.4 Å². The third-order valence-corrected chi connectivity index (χ3v) is 11.2. The molecule has 18 nitrogen and oxygen atoms in total. The number of carboxylic acid groups (broad SMARTS) is 1. The summed E-state index contributed by atoms with van der Waals surface area (Å²) in [5.74, 6) is -1.05. The predicted molar refractivity (Wildman–Crippen MR) is 290 cm³/mol. The Bertz CT molecular complexity index is 2910. The molecule has 4 aromatic carbocycles. The number of nitro groups is 2. The van der Waals surface area contributed by atoms with Gasteiger partial charge in [-0.05, 0) is 70.4 Å². The molecular weight excluding hydrogens is 1180 g/mol. The second kappa shape index (κ2) is 42.5. The van der Waals surface area contributed by atoms with E-state index in [2.05, 4.69) is 49.8 Å². The molecule has 0 saturated carbocycles. The first-order valence-electron chi connectivity index (χ1n) is 19.9. The van der Waals surface area contributed by atoms with Crippen molar-refractivity contribution in [1.29, 1.82) is 5.26 Å². The quantitative estimate of drug-likeness (QED) is 0.0289. The number of nitro benzene ring substituents is 2. The van der Waals surface area contributed by atoms with Crippen molar-refractivity contribution in [2.45, 2.75) is 46.3 Å². The predicted octanol–water partition coefficient (Wildman–Crippen LogP) is 6.38. The number of nitrogens with zero attached hydrogens (tertiary/aromatic N) is 8. The maximum Gasteiger partial charge on any atom is 1.00 e. The standard InChI is InChI=1S/C12H9N3O2.C10H8N2O3S.C10H10N2OS.C7H5NO3.C4H9.C3H2BrNS.CH4.B.2ClH.Li.Na.Ni.H/c1-8-5-11(12(16)17)15(14-8)10-4-2-3-9(6-10)7-13;13-9(10-11-4-5-16-10)7-2-1-3-8(6-7)12(14)15;11-8-3-1-2-7(6-8)9(13)10-12-4-5-14-10;9-5-6-2-1-3-7(4-6)8(10)11;1-3-4-2;4-3-5-1-2-6-3;;;;;;;;/h2-6H,1H3,(H,16,17);1-6,9,13H;1-6,9,13H,11H2;1-5H;1,3-4H2,2H3;1-2H;1H4;;2*1H;;;;/q;;;;-1;;;;;;2*+1;+2;-1/p-2. The van der Waals surface area contributed by atoms with Gasteiger partial charge in [-0.3, -0.25) is 25.0 Å². The minimum atomic E-state index is -1.05. The van der Waals surface area contributed by atoms with Crippen molar-refractivity contribution in [3.8, 4) is 11.8 Å². The van der Waals surface area contributed by atoms with Crippen LogP contribution < -0.4 is 54.2 Å². The number of nitrogens with two attached hydrogens (primary N) is 1. The van der Waals surface area contributed by atoms with Crippen molar-refractivity contribution in [1.82, 2.24) is 24.7 Å². The van der Waals surface area contributed by atoms with Gasteiger partial charge < -0.3 is 29.4 Å². The molecular formula is C47H48BBrCl2LiN9NaNiO9S3. The summed E-state index contributed by atoms with van der Waals surface area (Å²) in [5.41, 5.74) is 9.48. The number of halogens is 3. The number of hydrogen-bond donors (Lipinski definition) is 4. The molecule has 4 heterocycles. The number of nitrogen functional groups attached to an aromatic ring is 1. The summed E-state index contributed by atoms with van der Waals surface area (Å²) in [6, 6.07) is 28.8. The topological polar surface area (TPSA) is 287 Å². The molecule has 0 aliphatic heterocycles. The minimum Gasteiger partial charge on any atom is -1.00 e. The van der Waals surface area contributed by atoms with Crippen LogP contribution in [0, 0.1) is 45.4 Å². The summed E-state index contributed by atoms with van der Waals surface area (Å²) in [5, 5.41) is 69.2.